The van der Waals surface area contributed by atoms with Gasteiger partial charge in [-0.3, -0.25) is 4.79 Å². The van der Waals surface area contributed by atoms with Gasteiger partial charge in [0.1, 0.15) is 0 Å². The number of aryl methyl sites for hydroxylation is 2. The minimum Gasteiger partial charge on any atom is -0.294 e. The zero-order chi connectivity index (χ0) is 10.7. The second-order valence-electron chi connectivity index (χ2n) is 3.97. The Morgan fingerprint density at radius 1 is 1.33 bits per heavy atom. The van der Waals surface area contributed by atoms with Crippen LogP contribution >= 0.6 is 27.3 Å². The Morgan fingerprint density at radius 3 is 2.93 bits per heavy atom. The van der Waals surface area contributed by atoms with E-state index in [-0.39, 0.29) is 0 Å². The highest BCUT2D eigenvalue weighted by molar-refractivity contribution is 9.09. The molecular formula is C12H15BrOS. The molecule has 15 heavy (non-hydrogen) atoms. The van der Waals surface area contributed by atoms with Crippen molar-refractivity contribution in [2.45, 2.75) is 38.5 Å². The number of thiophene rings is 1. The minimum atomic E-state index is 0.360. The summed E-state index contributed by atoms with van der Waals surface area (Å²) >= 11 is 5.29. The molecule has 0 saturated heterocycles. The smallest absolute Gasteiger partial charge is 0.164 e. The van der Waals surface area contributed by atoms with Crippen molar-refractivity contribution in [2.24, 2.45) is 0 Å². The molecule has 1 nitrogen and oxygen atoms in total. The van der Waals surface area contributed by atoms with Gasteiger partial charge in [-0.25, -0.2) is 0 Å². The van der Waals surface area contributed by atoms with E-state index in [4.69, 9.17) is 0 Å². The quantitative estimate of drug-likeness (QED) is 0.604. The van der Waals surface area contributed by atoms with E-state index in [9.17, 15) is 4.79 Å². The van der Waals surface area contributed by atoms with Crippen LogP contribution in [0.15, 0.2) is 6.07 Å². The monoisotopic (exact) mass is 286 g/mol. The molecule has 0 saturated carbocycles. The largest absolute Gasteiger partial charge is 0.294 e. The summed E-state index contributed by atoms with van der Waals surface area (Å²) in [7, 11) is 0. The zero-order valence-corrected chi connectivity index (χ0v) is 11.1. The van der Waals surface area contributed by atoms with Crippen LogP contribution in [0, 0.1) is 0 Å². The van der Waals surface area contributed by atoms with Crippen LogP contribution in [-0.4, -0.2) is 11.1 Å². The van der Waals surface area contributed by atoms with E-state index in [1.165, 1.54) is 22.6 Å². The third kappa shape index (κ3) is 2.70. The number of carbonyl (C=O) groups excluding carboxylic acids is 1. The molecule has 0 spiro atoms. The molecule has 3 heteroatoms. The average molecular weight is 287 g/mol. The second-order valence-corrected chi connectivity index (χ2v) is 5.99. The summed E-state index contributed by atoms with van der Waals surface area (Å²) in [4.78, 5) is 14.4. The topological polar surface area (TPSA) is 17.1 Å². The van der Waals surface area contributed by atoms with Gasteiger partial charge in [0.25, 0.3) is 0 Å². The lowest BCUT2D eigenvalue weighted by Gasteiger charge is -2.07. The summed E-state index contributed by atoms with van der Waals surface area (Å²) in [5.41, 5.74) is 1.03. The number of hydrogen-bond acceptors (Lipinski definition) is 2. The Balaban J connectivity index is 2.05. The molecule has 0 fully saturated rings. The number of fused-ring (bicyclic) bond motifs is 1. The number of unbranched alkanes of at least 4 members (excludes halogenated alkanes) is 1. The lowest BCUT2D eigenvalue weighted by atomic mass is 9.97. The predicted octanol–water partition coefficient (Wildman–Crippen LogP) is 3.98. The van der Waals surface area contributed by atoms with Gasteiger partial charge in [0.15, 0.2) is 5.78 Å². The molecule has 1 aliphatic rings. The van der Waals surface area contributed by atoms with Crippen LogP contribution in [0.4, 0.5) is 0 Å². The molecule has 0 radical (unpaired) electrons. The van der Waals surface area contributed by atoms with E-state index in [1.54, 1.807) is 0 Å². The maximum absolute atomic E-state index is 11.6. The van der Waals surface area contributed by atoms with Crippen molar-refractivity contribution in [1.82, 2.24) is 0 Å². The van der Waals surface area contributed by atoms with E-state index in [2.05, 4.69) is 22.0 Å². The summed E-state index contributed by atoms with van der Waals surface area (Å²) in [5.74, 6) is 0.360. The standard InChI is InChI=1S/C12H15BrOS/c13-7-2-1-4-9-8-10-11(14)5-3-6-12(10)15-9/h8H,1-7H2. The molecule has 1 heterocycles. The molecule has 82 valence electrons. The molecule has 1 aromatic rings. The number of hydrogen-bond donors (Lipinski definition) is 0. The van der Waals surface area contributed by atoms with Crippen LogP contribution in [-0.2, 0) is 12.8 Å². The summed E-state index contributed by atoms with van der Waals surface area (Å²) in [6, 6.07) is 2.13. The van der Waals surface area contributed by atoms with Crippen molar-refractivity contribution < 1.29 is 4.79 Å². The van der Waals surface area contributed by atoms with Crippen LogP contribution in [0.3, 0.4) is 0 Å². The maximum Gasteiger partial charge on any atom is 0.164 e. The molecule has 0 unspecified atom stereocenters. The first kappa shape index (κ1) is 11.3. The van der Waals surface area contributed by atoms with Crippen molar-refractivity contribution in [1.29, 1.82) is 0 Å². The van der Waals surface area contributed by atoms with Gasteiger partial charge in [-0.1, -0.05) is 15.9 Å². The van der Waals surface area contributed by atoms with Gasteiger partial charge in [0.05, 0.1) is 0 Å². The minimum absolute atomic E-state index is 0.360. The summed E-state index contributed by atoms with van der Waals surface area (Å²) in [6.07, 6.45) is 6.49. The third-order valence-corrected chi connectivity index (χ3v) is 4.59. The van der Waals surface area contributed by atoms with Gasteiger partial charge in [0.2, 0.25) is 0 Å². The number of Topliss-reactive ketones (excluding diaryl/α,β-unsaturated/α-hetero) is 1. The van der Waals surface area contributed by atoms with Crippen molar-refractivity contribution >= 4 is 33.0 Å². The van der Waals surface area contributed by atoms with Crippen molar-refractivity contribution in [2.75, 3.05) is 5.33 Å². The van der Waals surface area contributed by atoms with Crippen LogP contribution in [0.1, 0.15) is 45.8 Å². The average Bonchev–Trinajstić information content (AvgIpc) is 2.63. The first-order valence-corrected chi connectivity index (χ1v) is 7.46. The number of carbonyl (C=O) groups is 1. The molecule has 0 amide bonds. The molecule has 1 aromatic heterocycles. The van der Waals surface area contributed by atoms with E-state index in [0.717, 1.165) is 36.6 Å². The molecule has 2 rings (SSSR count). The molecule has 1 aliphatic carbocycles. The maximum atomic E-state index is 11.6. The normalized spacial score (nSPS) is 15.4. The highest BCUT2D eigenvalue weighted by atomic mass is 79.9. The lowest BCUT2D eigenvalue weighted by Crippen LogP contribution is -2.06. The number of halogens is 1. The fraction of sp³-hybridized carbons (Fsp3) is 0.583. The fourth-order valence-electron chi connectivity index (χ4n) is 1.97. The van der Waals surface area contributed by atoms with Gasteiger partial charge in [-0.05, 0) is 38.2 Å². The van der Waals surface area contributed by atoms with Crippen LogP contribution < -0.4 is 0 Å². The van der Waals surface area contributed by atoms with Crippen molar-refractivity contribution in [3.63, 3.8) is 0 Å². The Hall–Kier alpha value is -0.150. The van der Waals surface area contributed by atoms with Crippen molar-refractivity contribution in [3.8, 4) is 0 Å². The van der Waals surface area contributed by atoms with Crippen LogP contribution in [0.25, 0.3) is 0 Å². The van der Waals surface area contributed by atoms with Gasteiger partial charge >= 0.3 is 0 Å². The number of rotatable bonds is 4. The molecule has 0 N–H and O–H groups in total. The van der Waals surface area contributed by atoms with Crippen LogP contribution in [0.5, 0.6) is 0 Å². The Morgan fingerprint density at radius 2 is 2.20 bits per heavy atom. The van der Waals surface area contributed by atoms with E-state index in [1.807, 2.05) is 11.3 Å². The second kappa shape index (κ2) is 5.26. The Labute approximate surface area is 103 Å². The van der Waals surface area contributed by atoms with E-state index >= 15 is 0 Å². The summed E-state index contributed by atoms with van der Waals surface area (Å²) in [5, 5.41) is 1.08. The predicted molar refractivity (Wildman–Crippen MR) is 68.3 cm³/mol. The van der Waals surface area contributed by atoms with Crippen molar-refractivity contribution in [3.05, 3.63) is 21.4 Å². The van der Waals surface area contributed by atoms with Gasteiger partial charge in [-0.2, -0.15) is 0 Å². The van der Waals surface area contributed by atoms with Gasteiger partial charge in [-0.15, -0.1) is 11.3 Å². The third-order valence-electron chi connectivity index (χ3n) is 2.77. The highest BCUT2D eigenvalue weighted by Crippen LogP contribution is 2.30. The van der Waals surface area contributed by atoms with E-state index in [0.29, 0.717) is 5.78 Å². The summed E-state index contributed by atoms with van der Waals surface area (Å²) < 4.78 is 0. The lowest BCUT2D eigenvalue weighted by molar-refractivity contribution is 0.0973. The van der Waals surface area contributed by atoms with Crippen LogP contribution in [0.2, 0.25) is 0 Å². The first-order valence-electron chi connectivity index (χ1n) is 5.52. The fourth-order valence-corrected chi connectivity index (χ4v) is 3.63. The zero-order valence-electron chi connectivity index (χ0n) is 8.72. The molecule has 0 aromatic carbocycles. The molecule has 0 atom stereocenters. The number of alkyl halides is 1. The number of ketones is 1. The van der Waals surface area contributed by atoms with Gasteiger partial charge < -0.3 is 0 Å². The highest BCUT2D eigenvalue weighted by Gasteiger charge is 2.19. The van der Waals surface area contributed by atoms with E-state index < -0.39 is 0 Å². The summed E-state index contributed by atoms with van der Waals surface area (Å²) in [6.45, 7) is 0. The molecular weight excluding hydrogens is 272 g/mol. The Bertz CT molecular complexity index is 357. The first-order chi connectivity index (χ1) is 7.31. The Kier molecular flexibility index (Phi) is 3.98. The van der Waals surface area contributed by atoms with Gasteiger partial charge in [0, 0.05) is 27.1 Å². The molecule has 0 aliphatic heterocycles. The molecule has 0 bridgehead atoms. The SMILES string of the molecule is O=C1CCCc2sc(CCCCBr)cc21.